The van der Waals surface area contributed by atoms with E-state index >= 15 is 0 Å². The van der Waals surface area contributed by atoms with Crippen LogP contribution in [0, 0.1) is 35.5 Å². The number of aliphatic imine (C=N–C) groups is 2. The lowest BCUT2D eigenvalue weighted by Crippen LogP contribution is -1.95. The Hall–Kier alpha value is -3.54. The maximum Gasteiger partial charge on any atom is 0.132 e. The molecule has 492 valence electrons. The van der Waals surface area contributed by atoms with Crippen LogP contribution in [0.2, 0.25) is 0 Å². The van der Waals surface area contributed by atoms with E-state index in [0.717, 1.165) is 48.2 Å². The zero-order valence-electron chi connectivity index (χ0n) is 58.4. The summed E-state index contributed by atoms with van der Waals surface area (Å²) in [6, 6.07) is 16.6. The first-order valence-electron chi connectivity index (χ1n) is 39.0. The zero-order valence-corrected chi connectivity index (χ0v) is 58.4. The van der Waals surface area contributed by atoms with E-state index in [-0.39, 0.29) is 0 Å². The summed E-state index contributed by atoms with van der Waals surface area (Å²) in [5.41, 5.74) is 4.57. The first-order valence-corrected chi connectivity index (χ1v) is 39.0. The lowest BCUT2D eigenvalue weighted by Gasteiger charge is -2.04. The van der Waals surface area contributed by atoms with Gasteiger partial charge in [0.05, 0.1) is 17.6 Å². The Morgan fingerprint density at radius 1 is 0.253 bits per heavy atom. The van der Waals surface area contributed by atoms with Crippen molar-refractivity contribution < 1.29 is 0 Å². The summed E-state index contributed by atoms with van der Waals surface area (Å²) in [6.45, 7) is 6.90. The van der Waals surface area contributed by atoms with Gasteiger partial charge >= 0.3 is 0 Å². The molecule has 0 fully saturated rings. The van der Waals surface area contributed by atoms with Crippen LogP contribution in [-0.4, -0.2) is 11.9 Å². The van der Waals surface area contributed by atoms with E-state index in [0.29, 0.717) is 5.71 Å². The zero-order chi connectivity index (χ0) is 61.7. The van der Waals surface area contributed by atoms with Gasteiger partial charge in [0.1, 0.15) is 5.71 Å². The van der Waals surface area contributed by atoms with Crippen LogP contribution < -0.4 is 0 Å². The lowest BCUT2D eigenvalue weighted by molar-refractivity contribution is 0.515. The number of unbranched alkanes of at least 4 members (excludes halogenated alkanes) is 59. The molecule has 0 saturated carbocycles. The van der Waals surface area contributed by atoms with Gasteiger partial charge in [-0.15, -0.1) is 0 Å². The first-order chi connectivity index (χ1) is 43.2. The third-order valence-corrected chi connectivity index (χ3v) is 18.2. The highest BCUT2D eigenvalue weighted by molar-refractivity contribution is 6.39. The number of rotatable bonds is 62. The summed E-state index contributed by atoms with van der Waals surface area (Å²) in [4.78, 5) is 9.77. The average Bonchev–Trinajstić information content (AvgIpc) is 3.75. The maximum atomic E-state index is 4.95. The molecule has 0 N–H and O–H groups in total. The Bertz CT molecular complexity index is 1990. The Morgan fingerprint density at radius 3 is 0.701 bits per heavy atom. The molecule has 87 heavy (non-hydrogen) atoms. The second kappa shape index (κ2) is 66.9. The van der Waals surface area contributed by atoms with E-state index < -0.39 is 0 Å². The standard InChI is InChI=1S/C85H142N2/c1-4-7-10-13-16-19-21-23-25-27-29-31-33-35-37-39-41-43-45-47-49-51-53-55-58-60-63-66-69-81-72-76-83(77-73-81)86-80-85(71-68-65-62-57-18-15-12-9-6-3)87-84-78-74-82(75-79-84)70-67-64-61-59-56-54-52-50-48-46-44-42-40-38-36-34-32-30-28-26-24-22-20-17-14-11-8-5-2/h72-80H,4-65H2,1-3H3. The van der Waals surface area contributed by atoms with Gasteiger partial charge in [-0.1, -0.05) is 410 Å². The van der Waals surface area contributed by atoms with Crippen molar-refractivity contribution in [1.29, 1.82) is 0 Å². The molecule has 2 heteroatoms. The summed E-state index contributed by atoms with van der Waals surface area (Å²) in [7, 11) is 0. The van der Waals surface area contributed by atoms with Gasteiger partial charge in [-0.3, -0.25) is 4.99 Å². The smallest absolute Gasteiger partial charge is 0.132 e. The predicted octanol–water partition coefficient (Wildman–Crippen LogP) is 29.1. The largest absolute Gasteiger partial charge is 0.254 e. The molecule has 0 saturated heterocycles. The molecule has 0 aliphatic heterocycles. The van der Waals surface area contributed by atoms with Gasteiger partial charge in [-0.05, 0) is 73.7 Å². The molecule has 0 radical (unpaired) electrons. The van der Waals surface area contributed by atoms with E-state index in [1.54, 1.807) is 0 Å². The summed E-state index contributed by atoms with van der Waals surface area (Å²) < 4.78 is 0. The quantitative estimate of drug-likeness (QED) is 0.0358. The third-order valence-electron chi connectivity index (χ3n) is 18.2. The van der Waals surface area contributed by atoms with Crippen molar-refractivity contribution in [1.82, 2.24) is 0 Å². The summed E-state index contributed by atoms with van der Waals surface area (Å²) in [5, 5.41) is 0. The van der Waals surface area contributed by atoms with Gasteiger partial charge in [0.25, 0.3) is 0 Å². The fourth-order valence-corrected chi connectivity index (χ4v) is 12.3. The summed E-state index contributed by atoms with van der Waals surface area (Å²) >= 11 is 0. The molecule has 2 nitrogen and oxygen atoms in total. The van der Waals surface area contributed by atoms with Crippen molar-refractivity contribution >= 4 is 23.3 Å². The van der Waals surface area contributed by atoms with Gasteiger partial charge < -0.3 is 0 Å². The van der Waals surface area contributed by atoms with Crippen molar-refractivity contribution in [3.05, 3.63) is 59.7 Å². The van der Waals surface area contributed by atoms with Gasteiger partial charge in [-0.2, -0.15) is 0 Å². The second-order valence-electron chi connectivity index (χ2n) is 26.8. The molecular formula is C85H142N2. The Kier molecular flexibility index (Phi) is 61.1. The van der Waals surface area contributed by atoms with Crippen LogP contribution in [0.3, 0.4) is 0 Å². The minimum Gasteiger partial charge on any atom is -0.254 e. The monoisotopic (exact) mass is 1190 g/mol. The number of hydrogen-bond acceptors (Lipinski definition) is 2. The van der Waals surface area contributed by atoms with Crippen LogP contribution in [0.15, 0.2) is 58.5 Å². The molecule has 2 rings (SSSR count). The van der Waals surface area contributed by atoms with Crippen LogP contribution in [0.1, 0.15) is 430 Å². The minimum absolute atomic E-state index is 0.692. The van der Waals surface area contributed by atoms with E-state index in [9.17, 15) is 0 Å². The highest BCUT2D eigenvalue weighted by Crippen LogP contribution is 2.21. The Balaban J connectivity index is 1.55. The topological polar surface area (TPSA) is 24.7 Å². The highest BCUT2D eigenvalue weighted by atomic mass is 14.8. The number of hydrogen-bond donors (Lipinski definition) is 0. The minimum atomic E-state index is 0.692. The molecule has 0 heterocycles. The molecule has 0 spiro atoms. The van der Waals surface area contributed by atoms with Gasteiger partial charge in [-0.25, -0.2) is 4.99 Å². The number of nitrogens with zero attached hydrogens (tertiary/aromatic N) is 2. The van der Waals surface area contributed by atoms with Crippen LogP contribution >= 0.6 is 0 Å². The SMILES string of the molecule is CCCCCCCCCC#CC(C=Nc1ccc(C#CCCCCCCCCCCCCCCCCCCCCCCCCCCCC)cc1)=Nc1ccc(C#CCCCCCCCCCCCCCCCCCCCCCCCCCCCC)cc1. The molecule has 0 aromatic heterocycles. The van der Waals surface area contributed by atoms with Gasteiger partial charge in [0, 0.05) is 30.4 Å². The van der Waals surface area contributed by atoms with E-state index in [4.69, 9.17) is 9.98 Å². The van der Waals surface area contributed by atoms with Crippen LogP contribution in [0.5, 0.6) is 0 Å². The highest BCUT2D eigenvalue weighted by Gasteiger charge is 2.02. The molecule has 2 aromatic carbocycles. The molecule has 0 aliphatic rings. The van der Waals surface area contributed by atoms with Crippen molar-refractivity contribution in [2.24, 2.45) is 9.98 Å². The molecule has 0 unspecified atom stereocenters. The fourth-order valence-electron chi connectivity index (χ4n) is 12.3. The fraction of sp³-hybridized carbons (Fsp3) is 0.765. The van der Waals surface area contributed by atoms with Crippen molar-refractivity contribution in [3.8, 4) is 35.5 Å². The maximum absolute atomic E-state index is 4.95. The normalized spacial score (nSPS) is 11.5. The molecule has 0 bridgehead atoms. The summed E-state index contributed by atoms with van der Waals surface area (Å²) in [6.07, 6.45) is 88.0. The molecular weight excluding hydrogens is 1050 g/mol. The van der Waals surface area contributed by atoms with Crippen molar-refractivity contribution in [3.63, 3.8) is 0 Å². The van der Waals surface area contributed by atoms with Gasteiger partial charge in [0.15, 0.2) is 0 Å². The Morgan fingerprint density at radius 2 is 0.460 bits per heavy atom. The first kappa shape index (κ1) is 79.6. The Labute approximate surface area is 544 Å². The van der Waals surface area contributed by atoms with Crippen molar-refractivity contribution in [2.45, 2.75) is 419 Å². The third kappa shape index (κ3) is 57.4. The molecule has 2 aromatic rings. The van der Waals surface area contributed by atoms with E-state index in [1.165, 1.54) is 372 Å². The van der Waals surface area contributed by atoms with Gasteiger partial charge in [0.2, 0.25) is 0 Å². The van der Waals surface area contributed by atoms with E-state index in [1.807, 2.05) is 6.21 Å². The average molecular weight is 1190 g/mol. The van der Waals surface area contributed by atoms with Crippen molar-refractivity contribution in [2.75, 3.05) is 0 Å². The second-order valence-corrected chi connectivity index (χ2v) is 26.8. The van der Waals surface area contributed by atoms with Crippen LogP contribution in [0.25, 0.3) is 0 Å². The van der Waals surface area contributed by atoms with E-state index in [2.05, 4.69) is 105 Å². The van der Waals surface area contributed by atoms with Crippen LogP contribution in [0.4, 0.5) is 11.4 Å². The molecule has 0 aliphatic carbocycles. The number of benzene rings is 2. The molecule has 0 amide bonds. The van der Waals surface area contributed by atoms with Crippen LogP contribution in [-0.2, 0) is 0 Å². The summed E-state index contributed by atoms with van der Waals surface area (Å²) in [5.74, 6) is 20.4. The molecule has 0 atom stereocenters. The predicted molar refractivity (Wildman–Crippen MR) is 393 cm³/mol. The lowest BCUT2D eigenvalue weighted by atomic mass is 10.0.